The molecule has 0 bridgehead atoms. The quantitative estimate of drug-likeness (QED) is 0.230. The zero-order valence-corrected chi connectivity index (χ0v) is 14.6. The van der Waals surface area contributed by atoms with Gasteiger partial charge in [-0.1, -0.05) is 19.2 Å². The van der Waals surface area contributed by atoms with Crippen LogP contribution in [0.5, 0.6) is 0 Å². The molecule has 7 heteroatoms. The fourth-order valence-electron chi connectivity index (χ4n) is 1.67. The molecule has 0 aromatic carbocycles. The maximum absolute atomic E-state index is 10.7. The minimum Gasteiger partial charge on any atom is -0.387 e. The van der Waals surface area contributed by atoms with E-state index >= 15 is 0 Å². The third-order valence-electron chi connectivity index (χ3n) is 3.13. The highest BCUT2D eigenvalue weighted by Gasteiger charge is 2.06. The third-order valence-corrected chi connectivity index (χ3v) is 3.70. The SMILES string of the molecule is C=C/C(=C\CCCNC(=C)[C@H](C)OC)N(CC[SH](=O)=O)OC. The van der Waals surface area contributed by atoms with Crippen molar-refractivity contribution < 1.29 is 18.0 Å². The number of nitrogens with zero attached hydrogens (tertiary/aromatic N) is 1. The van der Waals surface area contributed by atoms with Crippen LogP contribution < -0.4 is 5.32 Å². The number of nitrogens with one attached hydrogen (secondary N) is 1. The Morgan fingerprint density at radius 1 is 1.41 bits per heavy atom. The lowest BCUT2D eigenvalue weighted by Gasteiger charge is -2.21. The van der Waals surface area contributed by atoms with Gasteiger partial charge in [-0.3, -0.25) is 9.90 Å². The number of ether oxygens (including phenoxy) is 1. The van der Waals surface area contributed by atoms with Crippen molar-refractivity contribution >= 4 is 10.7 Å². The van der Waals surface area contributed by atoms with E-state index in [9.17, 15) is 8.42 Å². The van der Waals surface area contributed by atoms with Crippen LogP contribution in [0.2, 0.25) is 0 Å². The zero-order chi connectivity index (χ0) is 17.0. The normalized spacial score (nSPS) is 13.0. The van der Waals surface area contributed by atoms with Gasteiger partial charge in [0, 0.05) is 19.4 Å². The van der Waals surface area contributed by atoms with Crippen LogP contribution in [0.3, 0.4) is 0 Å². The van der Waals surface area contributed by atoms with Crippen molar-refractivity contribution in [3.05, 3.63) is 36.7 Å². The Morgan fingerprint density at radius 3 is 2.59 bits per heavy atom. The van der Waals surface area contributed by atoms with E-state index in [1.165, 1.54) is 12.2 Å². The lowest BCUT2D eigenvalue weighted by molar-refractivity contribution is -0.0918. The molecule has 0 radical (unpaired) electrons. The van der Waals surface area contributed by atoms with Gasteiger partial charge < -0.3 is 10.1 Å². The lowest BCUT2D eigenvalue weighted by Crippen LogP contribution is -2.25. The minimum absolute atomic E-state index is 0.0164. The molecule has 0 aliphatic rings. The third kappa shape index (κ3) is 8.86. The van der Waals surface area contributed by atoms with E-state index in [2.05, 4.69) is 18.5 Å². The predicted molar refractivity (Wildman–Crippen MR) is 90.0 cm³/mol. The largest absolute Gasteiger partial charge is 0.387 e. The first-order chi connectivity index (χ1) is 10.5. The monoisotopic (exact) mass is 332 g/mol. The second-order valence-corrected chi connectivity index (χ2v) is 5.76. The first kappa shape index (κ1) is 20.7. The summed E-state index contributed by atoms with van der Waals surface area (Å²) in [5.41, 5.74) is 1.62. The van der Waals surface area contributed by atoms with Crippen molar-refractivity contribution in [1.29, 1.82) is 0 Å². The fraction of sp³-hybridized carbons (Fsp3) is 0.600. The van der Waals surface area contributed by atoms with E-state index in [4.69, 9.17) is 9.57 Å². The molecule has 0 unspecified atom stereocenters. The van der Waals surface area contributed by atoms with E-state index in [1.54, 1.807) is 13.2 Å². The Kier molecular flexibility index (Phi) is 11.5. The summed E-state index contributed by atoms with van der Waals surface area (Å²) in [6.45, 7) is 10.6. The van der Waals surface area contributed by atoms with Crippen LogP contribution in [0.25, 0.3) is 0 Å². The Bertz CT molecular complexity index is 439. The fourth-order valence-corrected chi connectivity index (χ4v) is 2.02. The molecule has 0 heterocycles. The Hall–Kier alpha value is -1.31. The van der Waals surface area contributed by atoms with E-state index in [0.29, 0.717) is 0 Å². The number of hydrogen-bond acceptors (Lipinski definition) is 6. The summed E-state index contributed by atoms with van der Waals surface area (Å²) >= 11 is 0. The molecule has 0 aliphatic carbocycles. The van der Waals surface area contributed by atoms with Crippen molar-refractivity contribution in [2.24, 2.45) is 0 Å². The molecule has 0 spiro atoms. The van der Waals surface area contributed by atoms with Crippen molar-refractivity contribution in [2.75, 3.05) is 33.1 Å². The molecule has 128 valence electrons. The Morgan fingerprint density at radius 2 is 2.09 bits per heavy atom. The highest BCUT2D eigenvalue weighted by atomic mass is 32.2. The van der Waals surface area contributed by atoms with Gasteiger partial charge in [-0.05, 0) is 25.8 Å². The first-order valence-corrected chi connectivity index (χ1v) is 8.54. The molecule has 0 saturated carbocycles. The summed E-state index contributed by atoms with van der Waals surface area (Å²) in [7, 11) is 0.734. The number of unbranched alkanes of at least 4 members (excludes halogenated alkanes) is 1. The smallest absolute Gasteiger partial charge is 0.141 e. The second kappa shape index (κ2) is 12.3. The Labute approximate surface area is 135 Å². The first-order valence-electron chi connectivity index (χ1n) is 7.17. The molecule has 0 aromatic rings. The number of allylic oxidation sites excluding steroid dienone is 2. The molecule has 1 N–H and O–H groups in total. The summed E-state index contributed by atoms with van der Waals surface area (Å²) in [5.74, 6) is 0.0463. The summed E-state index contributed by atoms with van der Waals surface area (Å²) < 4.78 is 26.5. The van der Waals surface area contributed by atoms with Gasteiger partial charge in [0.2, 0.25) is 0 Å². The summed E-state index contributed by atoms with van der Waals surface area (Å²) in [6, 6.07) is 0. The van der Waals surface area contributed by atoms with Gasteiger partial charge in [-0.2, -0.15) is 0 Å². The average molecular weight is 332 g/mol. The number of hydroxylamine groups is 2. The van der Waals surface area contributed by atoms with Crippen LogP contribution >= 0.6 is 0 Å². The molecular weight excluding hydrogens is 304 g/mol. The zero-order valence-electron chi connectivity index (χ0n) is 13.7. The number of rotatable bonds is 13. The summed E-state index contributed by atoms with van der Waals surface area (Å²) in [6.07, 6.45) is 5.32. The van der Waals surface area contributed by atoms with Gasteiger partial charge in [-0.15, -0.1) is 0 Å². The molecule has 1 atom stereocenters. The number of thiol groups is 1. The van der Waals surface area contributed by atoms with Crippen molar-refractivity contribution in [3.8, 4) is 0 Å². The second-order valence-electron chi connectivity index (χ2n) is 4.65. The highest BCUT2D eigenvalue weighted by Crippen LogP contribution is 2.08. The molecule has 6 nitrogen and oxygen atoms in total. The van der Waals surface area contributed by atoms with Crippen LogP contribution in [0.15, 0.2) is 36.7 Å². The standard InChI is InChI=1S/C15H28N2O4S/c1-6-15(17(21-5)11-12-22(18)19)9-7-8-10-16-13(2)14(3)20-4/h6,9,14,16,22H,1-2,7-8,10-12H2,3-5H3/b15-9+/t14-/m0/s1. The topological polar surface area (TPSA) is 67.9 Å². The molecular formula is C15H28N2O4S. The van der Waals surface area contributed by atoms with Gasteiger partial charge in [0.15, 0.2) is 0 Å². The molecule has 22 heavy (non-hydrogen) atoms. The average Bonchev–Trinajstić information content (AvgIpc) is 2.51. The number of methoxy groups -OCH3 is 1. The number of hydrogen-bond donors (Lipinski definition) is 2. The molecule has 0 amide bonds. The van der Waals surface area contributed by atoms with Gasteiger partial charge in [0.25, 0.3) is 0 Å². The Balaban J connectivity index is 4.24. The van der Waals surface area contributed by atoms with Crippen molar-refractivity contribution in [2.45, 2.75) is 25.9 Å². The van der Waals surface area contributed by atoms with Crippen LogP contribution in [-0.4, -0.2) is 52.6 Å². The van der Waals surface area contributed by atoms with Gasteiger partial charge in [0.1, 0.15) is 10.7 Å². The van der Waals surface area contributed by atoms with Gasteiger partial charge in [0.05, 0.1) is 31.2 Å². The highest BCUT2D eigenvalue weighted by molar-refractivity contribution is 7.72. The van der Waals surface area contributed by atoms with E-state index in [-0.39, 0.29) is 18.4 Å². The van der Waals surface area contributed by atoms with E-state index < -0.39 is 10.7 Å². The van der Waals surface area contributed by atoms with Crippen LogP contribution in [0.4, 0.5) is 0 Å². The molecule has 0 fully saturated rings. The minimum atomic E-state index is -2.42. The van der Waals surface area contributed by atoms with Crippen molar-refractivity contribution in [3.63, 3.8) is 0 Å². The van der Waals surface area contributed by atoms with Crippen LogP contribution in [0.1, 0.15) is 19.8 Å². The van der Waals surface area contributed by atoms with Crippen molar-refractivity contribution in [1.82, 2.24) is 10.4 Å². The molecule has 0 rings (SSSR count). The molecule has 0 aromatic heterocycles. The van der Waals surface area contributed by atoms with E-state index in [0.717, 1.165) is 30.8 Å². The molecule has 0 saturated heterocycles. The van der Waals surface area contributed by atoms with Gasteiger partial charge >= 0.3 is 0 Å². The van der Waals surface area contributed by atoms with Crippen LogP contribution in [-0.2, 0) is 20.3 Å². The van der Waals surface area contributed by atoms with Gasteiger partial charge in [-0.25, -0.2) is 8.42 Å². The summed E-state index contributed by atoms with van der Waals surface area (Å²) in [4.78, 5) is 5.18. The van der Waals surface area contributed by atoms with E-state index in [1.807, 2.05) is 13.0 Å². The maximum atomic E-state index is 10.7. The predicted octanol–water partition coefficient (Wildman–Crippen LogP) is 1.45. The molecule has 0 aliphatic heterocycles. The summed E-state index contributed by atoms with van der Waals surface area (Å²) in [5, 5.41) is 4.73. The van der Waals surface area contributed by atoms with Crippen LogP contribution in [0, 0.1) is 0 Å². The maximum Gasteiger partial charge on any atom is 0.141 e. The lowest BCUT2D eigenvalue weighted by atomic mass is 10.2.